The monoisotopic (exact) mass is 442 g/mol. The average Bonchev–Trinajstić information content (AvgIpc) is 3.00. The zero-order valence-electron chi connectivity index (χ0n) is 19.6. The molecule has 0 atom stereocenters. The predicted molar refractivity (Wildman–Crippen MR) is 119 cm³/mol. The molecule has 3 aliphatic heterocycles. The van der Waals surface area contributed by atoms with Gasteiger partial charge in [-0.15, -0.1) is 0 Å². The van der Waals surface area contributed by atoms with Gasteiger partial charge in [0.1, 0.15) is 5.69 Å². The topological polar surface area (TPSA) is 90.0 Å². The van der Waals surface area contributed by atoms with Crippen molar-refractivity contribution in [3.8, 4) is 0 Å². The van der Waals surface area contributed by atoms with Crippen molar-refractivity contribution in [3.05, 3.63) is 23.8 Å². The molecule has 1 aromatic heterocycles. The minimum atomic E-state index is -0.381. The number of urea groups is 1. The third-order valence-electron chi connectivity index (χ3n) is 7.61. The maximum atomic E-state index is 13.6. The van der Waals surface area contributed by atoms with Crippen LogP contribution in [0, 0.1) is 12.3 Å². The van der Waals surface area contributed by atoms with Gasteiger partial charge in [0.05, 0.1) is 17.3 Å². The number of aromatic nitrogens is 2. The Bertz CT molecular complexity index is 883. The molecule has 4 rings (SSSR count). The molecule has 4 amide bonds. The number of carbonyl (C=O) groups is 3. The van der Waals surface area contributed by atoms with Crippen LogP contribution in [0.25, 0.3) is 0 Å². The second-order valence-electron chi connectivity index (χ2n) is 9.73. The standard InChI is InChI=1S/C23H34N6O3/c1-5-29-20(31)22(6-10-28(11-7-22)21(32)26(3)4)16-23(29)8-12-27(13-9-23)19(30)18-15-24-17(2)14-25-18/h14-15H,5-13,16H2,1-4H3. The van der Waals surface area contributed by atoms with E-state index in [1.54, 1.807) is 25.2 Å². The minimum Gasteiger partial charge on any atom is -0.337 e. The van der Waals surface area contributed by atoms with Crippen molar-refractivity contribution in [2.75, 3.05) is 46.8 Å². The van der Waals surface area contributed by atoms with Gasteiger partial charge >= 0.3 is 6.03 Å². The Morgan fingerprint density at radius 1 is 1.00 bits per heavy atom. The van der Waals surface area contributed by atoms with Crippen LogP contribution < -0.4 is 0 Å². The van der Waals surface area contributed by atoms with Crippen LogP contribution in [0.2, 0.25) is 0 Å². The van der Waals surface area contributed by atoms with Gasteiger partial charge in [-0.25, -0.2) is 9.78 Å². The Labute approximate surface area is 189 Å². The molecule has 9 nitrogen and oxygen atoms in total. The van der Waals surface area contributed by atoms with Crippen LogP contribution >= 0.6 is 0 Å². The highest BCUT2D eigenvalue weighted by Crippen LogP contribution is 2.52. The van der Waals surface area contributed by atoms with Crippen LogP contribution in [0.1, 0.15) is 55.2 Å². The molecule has 3 fully saturated rings. The van der Waals surface area contributed by atoms with Gasteiger partial charge in [0.15, 0.2) is 0 Å². The number of aryl methyl sites for hydroxylation is 1. The van der Waals surface area contributed by atoms with Gasteiger partial charge in [-0.05, 0) is 46.0 Å². The number of carbonyl (C=O) groups excluding carboxylic acids is 3. The van der Waals surface area contributed by atoms with Crippen LogP contribution in [0.4, 0.5) is 4.79 Å². The van der Waals surface area contributed by atoms with Crippen LogP contribution in [0.3, 0.4) is 0 Å². The minimum absolute atomic E-state index is 0.0124. The zero-order chi connectivity index (χ0) is 23.1. The maximum Gasteiger partial charge on any atom is 0.319 e. The lowest BCUT2D eigenvalue weighted by Gasteiger charge is -2.45. The number of rotatable bonds is 2. The largest absolute Gasteiger partial charge is 0.337 e. The van der Waals surface area contributed by atoms with E-state index in [1.807, 2.05) is 23.6 Å². The number of piperidine rings is 2. The van der Waals surface area contributed by atoms with E-state index in [2.05, 4.69) is 14.9 Å². The normalized spacial score (nSPS) is 22.0. The zero-order valence-corrected chi connectivity index (χ0v) is 19.6. The van der Waals surface area contributed by atoms with Crippen molar-refractivity contribution in [2.24, 2.45) is 5.41 Å². The quantitative estimate of drug-likeness (QED) is 0.696. The van der Waals surface area contributed by atoms with E-state index in [0.717, 1.165) is 25.0 Å². The molecule has 1 aromatic rings. The van der Waals surface area contributed by atoms with Gasteiger partial charge in [-0.3, -0.25) is 14.6 Å². The Morgan fingerprint density at radius 3 is 2.16 bits per heavy atom. The van der Waals surface area contributed by atoms with Crippen molar-refractivity contribution in [1.29, 1.82) is 0 Å². The number of hydrogen-bond donors (Lipinski definition) is 0. The Morgan fingerprint density at radius 2 is 1.62 bits per heavy atom. The first-order valence-corrected chi connectivity index (χ1v) is 11.6. The second-order valence-corrected chi connectivity index (χ2v) is 9.73. The highest BCUT2D eigenvalue weighted by atomic mass is 16.2. The third kappa shape index (κ3) is 3.71. The SMILES string of the molecule is CCN1C(=O)C2(CCN(C(=O)N(C)C)CC2)CC12CCN(C(=O)c1cnc(C)cn1)CC2. The fraction of sp³-hybridized carbons (Fsp3) is 0.696. The summed E-state index contributed by atoms with van der Waals surface area (Å²) in [4.78, 5) is 54.6. The highest BCUT2D eigenvalue weighted by molar-refractivity contribution is 5.92. The molecule has 174 valence electrons. The summed E-state index contributed by atoms with van der Waals surface area (Å²) < 4.78 is 0. The molecule has 0 N–H and O–H groups in total. The molecular formula is C23H34N6O3. The number of amides is 4. The summed E-state index contributed by atoms with van der Waals surface area (Å²) in [7, 11) is 3.52. The fourth-order valence-corrected chi connectivity index (χ4v) is 5.82. The molecule has 0 radical (unpaired) electrons. The Hall–Kier alpha value is -2.71. The highest BCUT2D eigenvalue weighted by Gasteiger charge is 2.59. The van der Waals surface area contributed by atoms with Crippen molar-refractivity contribution >= 4 is 17.8 Å². The van der Waals surface area contributed by atoms with E-state index in [1.165, 1.54) is 6.20 Å². The molecule has 2 spiro atoms. The molecule has 0 saturated carbocycles. The Kier molecular flexibility index (Phi) is 5.85. The van der Waals surface area contributed by atoms with Crippen LogP contribution in [0.15, 0.2) is 12.4 Å². The fourth-order valence-electron chi connectivity index (χ4n) is 5.82. The average molecular weight is 443 g/mol. The second kappa shape index (κ2) is 8.33. The molecule has 4 heterocycles. The number of likely N-dealkylation sites (tertiary alicyclic amines) is 3. The number of hydrogen-bond acceptors (Lipinski definition) is 5. The van der Waals surface area contributed by atoms with Crippen LogP contribution in [0.5, 0.6) is 0 Å². The summed E-state index contributed by atoms with van der Waals surface area (Å²) in [6.07, 6.45) is 6.96. The molecular weight excluding hydrogens is 408 g/mol. The van der Waals surface area contributed by atoms with Gasteiger partial charge in [0.25, 0.3) is 5.91 Å². The van der Waals surface area contributed by atoms with E-state index in [9.17, 15) is 14.4 Å². The molecule has 3 saturated heterocycles. The first-order valence-electron chi connectivity index (χ1n) is 11.6. The molecule has 0 bridgehead atoms. The van der Waals surface area contributed by atoms with Gasteiger partial charge in [-0.1, -0.05) is 0 Å². The van der Waals surface area contributed by atoms with E-state index in [-0.39, 0.29) is 28.8 Å². The molecule has 32 heavy (non-hydrogen) atoms. The van der Waals surface area contributed by atoms with E-state index < -0.39 is 0 Å². The van der Waals surface area contributed by atoms with Crippen LogP contribution in [-0.4, -0.2) is 99.8 Å². The summed E-state index contributed by atoms with van der Waals surface area (Å²) in [6, 6.07) is 0.0124. The van der Waals surface area contributed by atoms with Gasteiger partial charge in [-0.2, -0.15) is 0 Å². The molecule has 0 aromatic carbocycles. The van der Waals surface area contributed by atoms with Crippen molar-refractivity contribution < 1.29 is 14.4 Å². The Balaban J connectivity index is 1.45. The van der Waals surface area contributed by atoms with Gasteiger partial charge in [0, 0.05) is 58.6 Å². The lowest BCUT2D eigenvalue weighted by molar-refractivity contribution is -0.140. The third-order valence-corrected chi connectivity index (χ3v) is 7.61. The molecule has 0 unspecified atom stereocenters. The molecule has 0 aliphatic carbocycles. The molecule has 9 heteroatoms. The summed E-state index contributed by atoms with van der Waals surface area (Å²) in [5.74, 6) is 0.145. The lowest BCUT2D eigenvalue weighted by Crippen LogP contribution is -2.54. The number of nitrogens with zero attached hydrogens (tertiary/aromatic N) is 6. The lowest BCUT2D eigenvalue weighted by atomic mass is 9.71. The van der Waals surface area contributed by atoms with Crippen molar-refractivity contribution in [1.82, 2.24) is 29.6 Å². The summed E-state index contributed by atoms with van der Waals surface area (Å²) in [5.41, 5.74) is 0.574. The maximum absolute atomic E-state index is 13.6. The van der Waals surface area contributed by atoms with E-state index >= 15 is 0 Å². The van der Waals surface area contributed by atoms with Gasteiger partial charge in [0.2, 0.25) is 5.91 Å². The van der Waals surface area contributed by atoms with Crippen LogP contribution in [-0.2, 0) is 4.79 Å². The van der Waals surface area contributed by atoms with Crippen molar-refractivity contribution in [3.63, 3.8) is 0 Å². The van der Waals surface area contributed by atoms with E-state index in [0.29, 0.717) is 51.3 Å². The smallest absolute Gasteiger partial charge is 0.319 e. The predicted octanol–water partition coefficient (Wildman–Crippen LogP) is 1.78. The van der Waals surface area contributed by atoms with Gasteiger partial charge < -0.3 is 19.6 Å². The molecule has 3 aliphatic rings. The summed E-state index contributed by atoms with van der Waals surface area (Å²) in [5, 5.41) is 0. The van der Waals surface area contributed by atoms with Crippen molar-refractivity contribution in [2.45, 2.75) is 51.5 Å². The summed E-state index contributed by atoms with van der Waals surface area (Å²) >= 11 is 0. The first-order chi connectivity index (χ1) is 15.2. The van der Waals surface area contributed by atoms with E-state index in [4.69, 9.17) is 0 Å². The summed E-state index contributed by atoms with van der Waals surface area (Å²) in [6.45, 7) is 7.03. The first kappa shape index (κ1) is 22.5.